The van der Waals surface area contributed by atoms with Crippen molar-refractivity contribution in [2.45, 2.75) is 19.4 Å². The van der Waals surface area contributed by atoms with E-state index in [-0.39, 0.29) is 11.5 Å². The van der Waals surface area contributed by atoms with Crippen molar-refractivity contribution < 1.29 is 13.6 Å². The third-order valence-electron chi connectivity index (χ3n) is 4.45. The summed E-state index contributed by atoms with van der Waals surface area (Å²) >= 11 is 0. The van der Waals surface area contributed by atoms with Gasteiger partial charge in [-0.05, 0) is 48.2 Å². The van der Waals surface area contributed by atoms with Gasteiger partial charge in [-0.15, -0.1) is 0 Å². The molecule has 1 unspecified atom stereocenters. The number of hydrogen-bond acceptors (Lipinski definition) is 3. The van der Waals surface area contributed by atoms with E-state index in [4.69, 9.17) is 5.73 Å². The maximum Gasteiger partial charge on any atom is 0.266 e. The Morgan fingerprint density at radius 2 is 1.62 bits per heavy atom. The normalized spacial score (nSPS) is 20.5. The molecule has 0 saturated carbocycles. The van der Waals surface area contributed by atoms with Gasteiger partial charge in [-0.1, -0.05) is 18.2 Å². The Bertz CT molecular complexity index is 858. The Morgan fingerprint density at radius 1 is 1.00 bits per heavy atom. The second-order valence-corrected chi connectivity index (χ2v) is 6.00. The first kappa shape index (κ1) is 16.1. The molecule has 24 heavy (non-hydrogen) atoms. The van der Waals surface area contributed by atoms with E-state index in [0.29, 0.717) is 5.56 Å². The lowest BCUT2D eigenvalue weighted by atomic mass is 9.81. The van der Waals surface area contributed by atoms with Crippen LogP contribution in [0.4, 0.5) is 8.78 Å². The van der Waals surface area contributed by atoms with Gasteiger partial charge in [-0.2, -0.15) is 0 Å². The van der Waals surface area contributed by atoms with E-state index in [0.717, 1.165) is 29.3 Å². The molecule has 2 aromatic rings. The molecule has 1 amide bonds. The molecule has 4 nitrogen and oxygen atoms in total. The zero-order chi connectivity index (χ0) is 17.6. The maximum absolute atomic E-state index is 13.8. The number of likely N-dealkylation sites (N-methyl/N-ethyl adjacent to an activating group) is 1. The lowest BCUT2D eigenvalue weighted by molar-refractivity contribution is -0.129. The lowest BCUT2D eigenvalue weighted by Crippen LogP contribution is -2.41. The SMILES string of the molecule is Cc1ccc(C2(c3cc(F)cc(F)c3)N=C(N)N(C)C2=O)cc1C. The number of aryl methyl sites for hydroxylation is 2. The van der Waals surface area contributed by atoms with Crippen molar-refractivity contribution in [3.05, 3.63) is 70.3 Å². The van der Waals surface area contributed by atoms with E-state index in [9.17, 15) is 13.6 Å². The van der Waals surface area contributed by atoms with Crippen molar-refractivity contribution in [3.63, 3.8) is 0 Å². The maximum atomic E-state index is 13.8. The van der Waals surface area contributed by atoms with Crippen molar-refractivity contribution in [1.82, 2.24) is 4.90 Å². The molecule has 0 aromatic heterocycles. The smallest absolute Gasteiger partial charge is 0.266 e. The molecule has 2 N–H and O–H groups in total. The minimum atomic E-state index is -1.58. The molecule has 1 aliphatic heterocycles. The third-order valence-corrected chi connectivity index (χ3v) is 4.45. The second-order valence-electron chi connectivity index (χ2n) is 6.00. The van der Waals surface area contributed by atoms with Gasteiger partial charge < -0.3 is 5.73 Å². The Labute approximate surface area is 138 Å². The number of aliphatic imine (C=N–C) groups is 1. The van der Waals surface area contributed by atoms with Gasteiger partial charge in [0.25, 0.3) is 5.91 Å². The molecule has 124 valence electrons. The van der Waals surface area contributed by atoms with Gasteiger partial charge in [0, 0.05) is 13.1 Å². The molecule has 1 aliphatic rings. The van der Waals surface area contributed by atoms with E-state index in [2.05, 4.69) is 4.99 Å². The average Bonchev–Trinajstić information content (AvgIpc) is 2.74. The fraction of sp³-hybridized carbons (Fsp3) is 0.222. The second kappa shape index (κ2) is 5.40. The number of amides is 1. The highest BCUT2D eigenvalue weighted by atomic mass is 19.1. The quantitative estimate of drug-likeness (QED) is 0.921. The molecule has 0 aliphatic carbocycles. The number of carbonyl (C=O) groups excluding carboxylic acids is 1. The highest BCUT2D eigenvalue weighted by Crippen LogP contribution is 2.40. The van der Waals surface area contributed by atoms with Crippen LogP contribution in [0.1, 0.15) is 22.3 Å². The van der Waals surface area contributed by atoms with Gasteiger partial charge in [0.2, 0.25) is 0 Å². The topological polar surface area (TPSA) is 58.7 Å². The number of benzene rings is 2. The molecular weight excluding hydrogens is 312 g/mol. The molecule has 3 rings (SSSR count). The zero-order valence-corrected chi connectivity index (χ0v) is 13.6. The van der Waals surface area contributed by atoms with E-state index in [1.165, 1.54) is 11.9 Å². The first-order valence-corrected chi connectivity index (χ1v) is 7.43. The Kier molecular flexibility index (Phi) is 3.63. The zero-order valence-electron chi connectivity index (χ0n) is 13.6. The van der Waals surface area contributed by atoms with E-state index in [1.807, 2.05) is 19.9 Å². The molecular formula is C18H17F2N3O. The number of halogens is 2. The summed E-state index contributed by atoms with van der Waals surface area (Å²) in [6.45, 7) is 3.84. The molecule has 0 bridgehead atoms. The van der Waals surface area contributed by atoms with Crippen LogP contribution >= 0.6 is 0 Å². The van der Waals surface area contributed by atoms with Crippen LogP contribution in [0, 0.1) is 25.5 Å². The van der Waals surface area contributed by atoms with Gasteiger partial charge in [0.15, 0.2) is 11.5 Å². The Balaban J connectivity index is 2.34. The third kappa shape index (κ3) is 2.26. The van der Waals surface area contributed by atoms with E-state index < -0.39 is 23.1 Å². The summed E-state index contributed by atoms with van der Waals surface area (Å²) in [6.07, 6.45) is 0. The van der Waals surface area contributed by atoms with Gasteiger partial charge in [0.05, 0.1) is 0 Å². The summed E-state index contributed by atoms with van der Waals surface area (Å²) in [5, 5.41) is 0. The Hall–Kier alpha value is -2.76. The summed E-state index contributed by atoms with van der Waals surface area (Å²) < 4.78 is 27.6. The molecule has 0 saturated heterocycles. The summed E-state index contributed by atoms with van der Waals surface area (Å²) in [6, 6.07) is 8.37. The first-order chi connectivity index (χ1) is 11.3. The predicted molar refractivity (Wildman–Crippen MR) is 87.4 cm³/mol. The number of carbonyl (C=O) groups is 1. The number of hydrogen-bond donors (Lipinski definition) is 1. The van der Waals surface area contributed by atoms with Crippen LogP contribution in [0.2, 0.25) is 0 Å². The van der Waals surface area contributed by atoms with Gasteiger partial charge >= 0.3 is 0 Å². The van der Waals surface area contributed by atoms with Crippen LogP contribution < -0.4 is 5.73 Å². The van der Waals surface area contributed by atoms with Gasteiger partial charge in [0.1, 0.15) is 11.6 Å². The molecule has 0 radical (unpaired) electrons. The lowest BCUT2D eigenvalue weighted by Gasteiger charge is -2.26. The van der Waals surface area contributed by atoms with Crippen molar-refractivity contribution in [2.75, 3.05) is 7.05 Å². The molecule has 1 heterocycles. The minimum Gasteiger partial charge on any atom is -0.369 e. The summed E-state index contributed by atoms with van der Waals surface area (Å²) in [4.78, 5) is 18.4. The molecule has 0 spiro atoms. The van der Waals surface area contributed by atoms with Crippen LogP contribution in [0.3, 0.4) is 0 Å². The summed E-state index contributed by atoms with van der Waals surface area (Å²) in [7, 11) is 1.49. The summed E-state index contributed by atoms with van der Waals surface area (Å²) in [5.74, 6) is -2.00. The largest absolute Gasteiger partial charge is 0.369 e. The number of nitrogens with zero attached hydrogens (tertiary/aromatic N) is 2. The van der Waals surface area contributed by atoms with Gasteiger partial charge in [-0.25, -0.2) is 13.8 Å². The highest BCUT2D eigenvalue weighted by molar-refractivity contribution is 6.08. The fourth-order valence-corrected chi connectivity index (χ4v) is 2.91. The van der Waals surface area contributed by atoms with Crippen molar-refractivity contribution in [2.24, 2.45) is 10.7 Å². The van der Waals surface area contributed by atoms with Gasteiger partial charge in [-0.3, -0.25) is 9.69 Å². The van der Waals surface area contributed by atoms with Crippen LogP contribution in [0.15, 0.2) is 41.4 Å². The van der Waals surface area contributed by atoms with Crippen LogP contribution in [-0.4, -0.2) is 23.8 Å². The Morgan fingerprint density at radius 3 is 2.12 bits per heavy atom. The van der Waals surface area contributed by atoms with Crippen LogP contribution in [0.25, 0.3) is 0 Å². The highest BCUT2D eigenvalue weighted by Gasteiger charge is 2.49. The number of guanidine groups is 1. The van der Waals surface area contributed by atoms with Crippen LogP contribution in [0.5, 0.6) is 0 Å². The fourth-order valence-electron chi connectivity index (χ4n) is 2.91. The van der Waals surface area contributed by atoms with Crippen molar-refractivity contribution in [1.29, 1.82) is 0 Å². The molecule has 0 fully saturated rings. The first-order valence-electron chi connectivity index (χ1n) is 7.43. The van der Waals surface area contributed by atoms with E-state index >= 15 is 0 Å². The van der Waals surface area contributed by atoms with Crippen molar-refractivity contribution >= 4 is 11.9 Å². The number of rotatable bonds is 2. The monoisotopic (exact) mass is 329 g/mol. The average molecular weight is 329 g/mol. The predicted octanol–water partition coefficient (Wildman–Crippen LogP) is 2.61. The summed E-state index contributed by atoms with van der Waals surface area (Å²) in [5.41, 5.74) is 6.86. The molecule has 1 atom stereocenters. The van der Waals surface area contributed by atoms with Crippen LogP contribution in [-0.2, 0) is 10.3 Å². The minimum absolute atomic E-state index is 0.00268. The number of nitrogens with two attached hydrogens (primary N) is 1. The molecule has 6 heteroatoms. The molecule has 2 aromatic carbocycles. The standard InChI is InChI=1S/C18H17F2N3O/c1-10-4-5-12(6-11(10)2)18(16(24)23(3)17(21)22-18)13-7-14(19)9-15(20)8-13/h4-9H,1-3H3,(H2,21,22). The van der Waals surface area contributed by atoms with E-state index in [1.54, 1.807) is 12.1 Å². The van der Waals surface area contributed by atoms with Crippen molar-refractivity contribution in [3.8, 4) is 0 Å².